The molecule has 0 unspecified atom stereocenters. The zero-order valence-corrected chi connectivity index (χ0v) is 8.53. The highest BCUT2D eigenvalue weighted by atomic mass is 19.1. The summed E-state index contributed by atoms with van der Waals surface area (Å²) in [6.07, 6.45) is 0. The van der Waals surface area contributed by atoms with E-state index in [1.165, 1.54) is 30.3 Å². The van der Waals surface area contributed by atoms with Gasteiger partial charge in [-0.15, -0.1) is 0 Å². The van der Waals surface area contributed by atoms with Gasteiger partial charge in [0.2, 0.25) is 5.88 Å². The van der Waals surface area contributed by atoms with Crippen molar-refractivity contribution >= 4 is 0 Å². The SMILES string of the molecule is Cc1nc(Oc2ccc(F)cc2)cc(=O)[nH]1. The first-order valence-electron chi connectivity index (χ1n) is 4.65. The zero-order valence-electron chi connectivity index (χ0n) is 8.53. The minimum atomic E-state index is -0.345. The second-order valence-electron chi connectivity index (χ2n) is 3.23. The predicted molar refractivity (Wildman–Crippen MR) is 56.1 cm³/mol. The number of aromatic nitrogens is 2. The first kappa shape index (κ1) is 10.4. The van der Waals surface area contributed by atoms with Gasteiger partial charge < -0.3 is 9.72 Å². The lowest BCUT2D eigenvalue weighted by atomic mass is 10.3. The van der Waals surface area contributed by atoms with Crippen LogP contribution in [-0.4, -0.2) is 9.97 Å². The number of ether oxygens (including phenoxy) is 1. The average molecular weight is 220 g/mol. The Balaban J connectivity index is 2.26. The summed E-state index contributed by atoms with van der Waals surface area (Å²) in [7, 11) is 0. The van der Waals surface area contributed by atoms with Crippen LogP contribution >= 0.6 is 0 Å². The number of benzene rings is 1. The largest absolute Gasteiger partial charge is 0.439 e. The number of aryl methyl sites for hydroxylation is 1. The van der Waals surface area contributed by atoms with E-state index in [0.717, 1.165) is 0 Å². The summed E-state index contributed by atoms with van der Waals surface area (Å²) in [5.41, 5.74) is -0.287. The second-order valence-corrected chi connectivity index (χ2v) is 3.23. The van der Waals surface area contributed by atoms with Crippen LogP contribution in [0, 0.1) is 12.7 Å². The molecule has 16 heavy (non-hydrogen) atoms. The van der Waals surface area contributed by atoms with E-state index in [0.29, 0.717) is 11.6 Å². The summed E-state index contributed by atoms with van der Waals surface area (Å²) >= 11 is 0. The Morgan fingerprint density at radius 3 is 2.62 bits per heavy atom. The Labute approximate surface area is 90.7 Å². The summed E-state index contributed by atoms with van der Waals surface area (Å²) in [6, 6.07) is 6.71. The highest BCUT2D eigenvalue weighted by molar-refractivity contribution is 5.26. The van der Waals surface area contributed by atoms with Gasteiger partial charge in [0.25, 0.3) is 5.56 Å². The standard InChI is InChI=1S/C11H9FN2O2/c1-7-13-10(15)6-11(14-7)16-9-4-2-8(12)3-5-9/h2-6H,1H3,(H,13,14,15). The normalized spacial score (nSPS) is 10.1. The topological polar surface area (TPSA) is 55.0 Å². The molecule has 0 bridgehead atoms. The van der Waals surface area contributed by atoms with Gasteiger partial charge in [-0.3, -0.25) is 4.79 Å². The van der Waals surface area contributed by atoms with Crippen LogP contribution in [0.4, 0.5) is 4.39 Å². The molecular weight excluding hydrogens is 211 g/mol. The van der Waals surface area contributed by atoms with Crippen molar-refractivity contribution in [2.24, 2.45) is 0 Å². The van der Waals surface area contributed by atoms with E-state index in [1.807, 2.05) is 0 Å². The number of H-pyrrole nitrogens is 1. The van der Waals surface area contributed by atoms with Gasteiger partial charge in [0.15, 0.2) is 0 Å². The molecule has 0 aliphatic carbocycles. The van der Waals surface area contributed by atoms with Gasteiger partial charge in [0, 0.05) is 0 Å². The number of nitrogens with zero attached hydrogens (tertiary/aromatic N) is 1. The molecule has 2 rings (SSSR count). The monoisotopic (exact) mass is 220 g/mol. The quantitative estimate of drug-likeness (QED) is 0.842. The minimum Gasteiger partial charge on any atom is -0.439 e. The van der Waals surface area contributed by atoms with E-state index in [2.05, 4.69) is 9.97 Å². The number of hydrogen-bond acceptors (Lipinski definition) is 3. The number of aromatic amines is 1. The van der Waals surface area contributed by atoms with Crippen LogP contribution in [0.25, 0.3) is 0 Å². The lowest BCUT2D eigenvalue weighted by molar-refractivity contribution is 0.457. The molecule has 1 N–H and O–H groups in total. The van der Waals surface area contributed by atoms with Crippen LogP contribution in [-0.2, 0) is 0 Å². The third kappa shape index (κ3) is 2.44. The molecule has 1 heterocycles. The van der Waals surface area contributed by atoms with Gasteiger partial charge in [0.1, 0.15) is 17.4 Å². The maximum atomic E-state index is 12.6. The molecule has 0 amide bonds. The van der Waals surface area contributed by atoms with Gasteiger partial charge >= 0.3 is 0 Å². The van der Waals surface area contributed by atoms with Crippen molar-refractivity contribution in [2.45, 2.75) is 6.92 Å². The summed E-state index contributed by atoms with van der Waals surface area (Å²) in [5.74, 6) is 0.735. The fraction of sp³-hybridized carbons (Fsp3) is 0.0909. The van der Waals surface area contributed by atoms with E-state index >= 15 is 0 Å². The highest BCUT2D eigenvalue weighted by Gasteiger charge is 2.01. The van der Waals surface area contributed by atoms with Crippen molar-refractivity contribution in [2.75, 3.05) is 0 Å². The Morgan fingerprint density at radius 1 is 1.31 bits per heavy atom. The first-order chi connectivity index (χ1) is 7.63. The van der Waals surface area contributed by atoms with Crippen LogP contribution in [0.15, 0.2) is 35.1 Å². The van der Waals surface area contributed by atoms with E-state index in [-0.39, 0.29) is 17.3 Å². The lowest BCUT2D eigenvalue weighted by Gasteiger charge is -2.04. The average Bonchev–Trinajstić information content (AvgIpc) is 2.20. The molecule has 0 atom stereocenters. The van der Waals surface area contributed by atoms with Gasteiger partial charge in [0.05, 0.1) is 6.07 Å². The maximum absolute atomic E-state index is 12.6. The fourth-order valence-electron chi connectivity index (χ4n) is 1.23. The van der Waals surface area contributed by atoms with Gasteiger partial charge in [-0.25, -0.2) is 9.37 Å². The number of hydrogen-bond donors (Lipinski definition) is 1. The molecule has 0 fully saturated rings. The van der Waals surface area contributed by atoms with Gasteiger partial charge in [-0.1, -0.05) is 0 Å². The number of nitrogens with one attached hydrogen (secondary N) is 1. The van der Waals surface area contributed by atoms with Crippen LogP contribution in [0.3, 0.4) is 0 Å². The van der Waals surface area contributed by atoms with Crippen molar-refractivity contribution in [3.8, 4) is 11.6 Å². The molecule has 82 valence electrons. The van der Waals surface area contributed by atoms with Crippen molar-refractivity contribution in [3.05, 3.63) is 52.3 Å². The van der Waals surface area contributed by atoms with Crippen LogP contribution in [0.5, 0.6) is 11.6 Å². The summed E-state index contributed by atoms with van der Waals surface area (Å²) in [4.78, 5) is 17.6. The van der Waals surface area contributed by atoms with Crippen LogP contribution in [0.2, 0.25) is 0 Å². The first-order valence-corrected chi connectivity index (χ1v) is 4.65. The van der Waals surface area contributed by atoms with Gasteiger partial charge in [-0.05, 0) is 31.2 Å². The Morgan fingerprint density at radius 2 is 2.00 bits per heavy atom. The lowest BCUT2D eigenvalue weighted by Crippen LogP contribution is -2.08. The van der Waals surface area contributed by atoms with E-state index in [9.17, 15) is 9.18 Å². The highest BCUT2D eigenvalue weighted by Crippen LogP contribution is 2.17. The minimum absolute atomic E-state index is 0.188. The van der Waals surface area contributed by atoms with Crippen molar-refractivity contribution < 1.29 is 9.13 Å². The van der Waals surface area contributed by atoms with E-state index < -0.39 is 0 Å². The molecule has 0 radical (unpaired) electrons. The molecule has 1 aromatic heterocycles. The Kier molecular flexibility index (Phi) is 2.68. The molecule has 5 heteroatoms. The molecule has 0 aliphatic rings. The third-order valence-electron chi connectivity index (χ3n) is 1.87. The van der Waals surface area contributed by atoms with Crippen molar-refractivity contribution in [3.63, 3.8) is 0 Å². The second kappa shape index (κ2) is 4.14. The Hall–Kier alpha value is -2.17. The number of rotatable bonds is 2. The molecule has 0 aliphatic heterocycles. The molecule has 4 nitrogen and oxygen atoms in total. The molecule has 0 saturated heterocycles. The predicted octanol–water partition coefficient (Wildman–Crippen LogP) is 2.01. The van der Waals surface area contributed by atoms with Gasteiger partial charge in [-0.2, -0.15) is 0 Å². The van der Waals surface area contributed by atoms with Crippen molar-refractivity contribution in [1.29, 1.82) is 0 Å². The molecule has 2 aromatic rings. The van der Waals surface area contributed by atoms with E-state index in [4.69, 9.17) is 4.74 Å². The summed E-state index contributed by atoms with van der Waals surface area (Å²) in [6.45, 7) is 1.65. The smallest absolute Gasteiger partial charge is 0.254 e. The zero-order chi connectivity index (χ0) is 11.5. The van der Waals surface area contributed by atoms with Crippen LogP contribution < -0.4 is 10.3 Å². The summed E-state index contributed by atoms with van der Waals surface area (Å²) in [5, 5.41) is 0. The molecule has 1 aromatic carbocycles. The number of halogens is 1. The summed E-state index contributed by atoms with van der Waals surface area (Å²) < 4.78 is 17.9. The van der Waals surface area contributed by atoms with E-state index in [1.54, 1.807) is 6.92 Å². The molecule has 0 spiro atoms. The maximum Gasteiger partial charge on any atom is 0.254 e. The third-order valence-corrected chi connectivity index (χ3v) is 1.87. The fourth-order valence-corrected chi connectivity index (χ4v) is 1.23. The molecule has 0 saturated carbocycles. The Bertz CT molecular complexity index is 549. The van der Waals surface area contributed by atoms with Crippen LogP contribution in [0.1, 0.15) is 5.82 Å². The molecular formula is C11H9FN2O2. The van der Waals surface area contributed by atoms with Crippen molar-refractivity contribution in [1.82, 2.24) is 9.97 Å².